The average Bonchev–Trinajstić information content (AvgIpc) is 2.93. The quantitative estimate of drug-likeness (QED) is 0.771. The van der Waals surface area contributed by atoms with Gasteiger partial charge < -0.3 is 10.3 Å². The molecule has 2 heterocycles. The van der Waals surface area contributed by atoms with Crippen molar-refractivity contribution in [2.75, 3.05) is 18.8 Å². The highest BCUT2D eigenvalue weighted by molar-refractivity contribution is 7.91. The Labute approximate surface area is 150 Å². The summed E-state index contributed by atoms with van der Waals surface area (Å²) in [5.41, 5.74) is 1.51. The second kappa shape index (κ2) is 6.85. The van der Waals surface area contributed by atoms with Crippen LogP contribution in [0.1, 0.15) is 24.3 Å². The highest BCUT2D eigenvalue weighted by atomic mass is 32.2. The molecule has 1 aliphatic heterocycles. The lowest BCUT2D eigenvalue weighted by atomic mass is 9.90. The van der Waals surface area contributed by atoms with Gasteiger partial charge in [0.1, 0.15) is 10.8 Å². The van der Waals surface area contributed by atoms with Crippen LogP contribution in [0.4, 0.5) is 4.39 Å². The summed E-state index contributed by atoms with van der Waals surface area (Å²) < 4.78 is 40.0. The third-order valence-corrected chi connectivity index (χ3v) is 8.74. The fourth-order valence-electron chi connectivity index (χ4n) is 3.46. The molecule has 1 aliphatic rings. The van der Waals surface area contributed by atoms with E-state index in [4.69, 9.17) is 0 Å². The van der Waals surface area contributed by atoms with Gasteiger partial charge in [-0.15, -0.1) is 0 Å². The molecular weight excluding hydrogens is 355 g/mol. The van der Waals surface area contributed by atoms with Crippen molar-refractivity contribution < 1.29 is 12.8 Å². The van der Waals surface area contributed by atoms with Crippen molar-refractivity contribution in [2.24, 2.45) is 0 Å². The Morgan fingerprint density at radius 3 is 2.52 bits per heavy atom. The smallest absolute Gasteiger partial charge is 0.193 e. The molecule has 0 bridgehead atoms. The minimum Gasteiger partial charge on any atom is -0.345 e. The first-order chi connectivity index (χ1) is 11.7. The lowest BCUT2D eigenvalue weighted by molar-refractivity contribution is 0.456. The Kier molecular flexibility index (Phi) is 5.10. The van der Waals surface area contributed by atoms with E-state index in [0.717, 1.165) is 42.9 Å². The van der Waals surface area contributed by atoms with Gasteiger partial charge in [-0.3, -0.25) is 0 Å². The third kappa shape index (κ3) is 4.15. The molecule has 0 amide bonds. The van der Waals surface area contributed by atoms with E-state index < -0.39 is 17.9 Å². The standard InChI is InChI=1S/C18H27FN2O2SSi/c1-25(2,3)11-10-24(22,23)18-17(13-6-8-20-9-7-13)15-12-14(19)4-5-16(15)21-18/h4-5,12-13,20-21H,6-11H2,1-3H3. The summed E-state index contributed by atoms with van der Waals surface area (Å²) in [7, 11) is -4.88. The highest BCUT2D eigenvalue weighted by Crippen LogP contribution is 2.37. The van der Waals surface area contributed by atoms with Crippen LogP contribution in [0.15, 0.2) is 23.2 Å². The van der Waals surface area contributed by atoms with Gasteiger partial charge in [-0.05, 0) is 61.7 Å². The van der Waals surface area contributed by atoms with Crippen LogP contribution < -0.4 is 5.32 Å². The number of aromatic nitrogens is 1. The molecule has 4 nitrogen and oxygen atoms in total. The fourth-order valence-corrected chi connectivity index (χ4v) is 8.07. The van der Waals surface area contributed by atoms with Crippen molar-refractivity contribution in [1.29, 1.82) is 0 Å². The van der Waals surface area contributed by atoms with Gasteiger partial charge in [0.15, 0.2) is 9.84 Å². The van der Waals surface area contributed by atoms with Crippen LogP contribution in [0, 0.1) is 5.82 Å². The number of hydrogen-bond donors (Lipinski definition) is 2. The number of halogens is 1. The lowest BCUT2D eigenvalue weighted by Gasteiger charge is -2.24. The van der Waals surface area contributed by atoms with E-state index in [1.54, 1.807) is 6.07 Å². The number of nitrogens with one attached hydrogen (secondary N) is 2. The molecule has 0 saturated carbocycles. The zero-order chi connectivity index (χ0) is 18.2. The van der Waals surface area contributed by atoms with Crippen molar-refractivity contribution in [3.63, 3.8) is 0 Å². The van der Waals surface area contributed by atoms with E-state index in [9.17, 15) is 12.8 Å². The van der Waals surface area contributed by atoms with Crippen molar-refractivity contribution >= 4 is 28.8 Å². The molecule has 1 aromatic heterocycles. The van der Waals surface area contributed by atoms with Crippen LogP contribution in [0.2, 0.25) is 25.7 Å². The maximum absolute atomic E-state index is 13.8. The molecule has 138 valence electrons. The molecule has 0 unspecified atom stereocenters. The number of hydrogen-bond acceptors (Lipinski definition) is 3. The second-order valence-corrected chi connectivity index (χ2v) is 15.9. The molecule has 0 aliphatic carbocycles. The molecule has 1 fully saturated rings. The predicted molar refractivity (Wildman–Crippen MR) is 103 cm³/mol. The van der Waals surface area contributed by atoms with Crippen LogP contribution in [-0.2, 0) is 9.84 Å². The molecular formula is C18H27FN2O2SSi. The SMILES string of the molecule is C[Si](C)(C)CCS(=O)(=O)c1[nH]c2ccc(F)cc2c1C1CCNCC1. The zero-order valence-electron chi connectivity index (χ0n) is 15.2. The highest BCUT2D eigenvalue weighted by Gasteiger charge is 2.30. The summed E-state index contributed by atoms with van der Waals surface area (Å²) in [5.74, 6) is -0.0168. The third-order valence-electron chi connectivity index (χ3n) is 4.94. The lowest BCUT2D eigenvalue weighted by Crippen LogP contribution is -2.28. The van der Waals surface area contributed by atoms with Gasteiger partial charge in [0.05, 0.1) is 5.75 Å². The molecule has 0 radical (unpaired) electrons. The molecule has 2 aromatic rings. The topological polar surface area (TPSA) is 62.0 Å². The van der Waals surface area contributed by atoms with Gasteiger partial charge in [0, 0.05) is 19.0 Å². The molecule has 7 heteroatoms. The van der Waals surface area contributed by atoms with Crippen LogP contribution >= 0.6 is 0 Å². The van der Waals surface area contributed by atoms with Gasteiger partial charge >= 0.3 is 0 Å². The molecule has 0 spiro atoms. The van der Waals surface area contributed by atoms with E-state index in [0.29, 0.717) is 10.5 Å². The summed E-state index contributed by atoms with van der Waals surface area (Å²) in [6, 6.07) is 5.22. The van der Waals surface area contributed by atoms with E-state index in [1.807, 2.05) is 0 Å². The molecule has 1 saturated heterocycles. The van der Waals surface area contributed by atoms with Crippen LogP contribution in [0.5, 0.6) is 0 Å². The minimum absolute atomic E-state index is 0.147. The number of rotatable bonds is 5. The first-order valence-corrected chi connectivity index (χ1v) is 14.3. The average molecular weight is 383 g/mol. The van der Waals surface area contributed by atoms with Gasteiger partial charge in [-0.1, -0.05) is 19.6 Å². The second-order valence-electron chi connectivity index (χ2n) is 8.21. The van der Waals surface area contributed by atoms with Crippen molar-refractivity contribution in [3.05, 3.63) is 29.6 Å². The zero-order valence-corrected chi connectivity index (χ0v) is 17.0. The number of benzene rings is 1. The Morgan fingerprint density at radius 1 is 1.20 bits per heavy atom. The first kappa shape index (κ1) is 18.6. The normalized spacial score (nSPS) is 17.3. The number of sulfone groups is 1. The van der Waals surface area contributed by atoms with Crippen molar-refractivity contribution in [2.45, 2.75) is 49.5 Å². The van der Waals surface area contributed by atoms with Gasteiger partial charge in [0.25, 0.3) is 0 Å². The van der Waals surface area contributed by atoms with Gasteiger partial charge in [0.2, 0.25) is 0 Å². The molecule has 1 aromatic carbocycles. The summed E-state index contributed by atoms with van der Waals surface area (Å²) >= 11 is 0. The van der Waals surface area contributed by atoms with E-state index in [2.05, 4.69) is 29.9 Å². The Bertz CT molecular complexity index is 865. The summed E-state index contributed by atoms with van der Waals surface area (Å²) in [4.78, 5) is 3.11. The monoisotopic (exact) mass is 382 g/mol. The Balaban J connectivity index is 2.10. The van der Waals surface area contributed by atoms with Gasteiger partial charge in [-0.25, -0.2) is 12.8 Å². The number of piperidine rings is 1. The summed E-state index contributed by atoms with van der Waals surface area (Å²) in [5, 5.41) is 4.35. The van der Waals surface area contributed by atoms with Crippen molar-refractivity contribution in [1.82, 2.24) is 10.3 Å². The van der Waals surface area contributed by atoms with Gasteiger partial charge in [-0.2, -0.15) is 0 Å². The van der Waals surface area contributed by atoms with Crippen molar-refractivity contribution in [3.8, 4) is 0 Å². The van der Waals surface area contributed by atoms with E-state index in [1.165, 1.54) is 12.1 Å². The fraction of sp³-hybridized carbons (Fsp3) is 0.556. The van der Waals surface area contributed by atoms with E-state index >= 15 is 0 Å². The molecule has 2 N–H and O–H groups in total. The first-order valence-electron chi connectivity index (χ1n) is 8.92. The summed E-state index contributed by atoms with van der Waals surface area (Å²) in [6.07, 6.45) is 1.75. The van der Waals surface area contributed by atoms with Crippen LogP contribution in [0.25, 0.3) is 10.9 Å². The largest absolute Gasteiger partial charge is 0.345 e. The van der Waals surface area contributed by atoms with Crippen LogP contribution in [0.3, 0.4) is 0 Å². The summed E-state index contributed by atoms with van der Waals surface area (Å²) in [6.45, 7) is 8.26. The van der Waals surface area contributed by atoms with E-state index in [-0.39, 0.29) is 17.5 Å². The molecule has 3 rings (SSSR count). The number of aromatic amines is 1. The molecule has 25 heavy (non-hydrogen) atoms. The Hall–Kier alpha value is -1.18. The molecule has 0 atom stereocenters. The Morgan fingerprint density at radius 2 is 1.88 bits per heavy atom. The maximum Gasteiger partial charge on any atom is 0.193 e. The maximum atomic E-state index is 13.8. The number of fused-ring (bicyclic) bond motifs is 1. The number of H-pyrrole nitrogens is 1. The van der Waals surface area contributed by atoms with Crippen LogP contribution in [-0.4, -0.2) is 40.3 Å². The minimum atomic E-state index is -3.41. The predicted octanol–water partition coefficient (Wildman–Crippen LogP) is 3.89.